The zero-order chi connectivity index (χ0) is 24.3. The smallest absolute Gasteiger partial charge is 0.227 e. The van der Waals surface area contributed by atoms with E-state index in [9.17, 15) is 0 Å². The predicted octanol–water partition coefficient (Wildman–Crippen LogP) is 4.45. The van der Waals surface area contributed by atoms with Gasteiger partial charge in [0.05, 0.1) is 27.0 Å². The van der Waals surface area contributed by atoms with E-state index in [1.807, 2.05) is 24.4 Å². The van der Waals surface area contributed by atoms with Crippen LogP contribution >= 0.6 is 0 Å². The van der Waals surface area contributed by atoms with Gasteiger partial charge >= 0.3 is 0 Å². The SMILES string of the molecule is CCN(CC)CCCNc1ccc(-c2ccnc(Nc3cc(OC)c(OC)c(OC)c3)n2)cn1. The number of hydrogen-bond donors (Lipinski definition) is 2. The highest BCUT2D eigenvalue weighted by Crippen LogP contribution is 2.40. The van der Waals surface area contributed by atoms with Crippen molar-refractivity contribution >= 4 is 17.5 Å². The maximum atomic E-state index is 5.42. The van der Waals surface area contributed by atoms with E-state index < -0.39 is 0 Å². The minimum atomic E-state index is 0.449. The number of methoxy groups -OCH3 is 3. The lowest BCUT2D eigenvalue weighted by Gasteiger charge is -2.17. The fourth-order valence-electron chi connectivity index (χ4n) is 3.57. The van der Waals surface area contributed by atoms with Crippen LogP contribution in [0.15, 0.2) is 42.7 Å². The summed E-state index contributed by atoms with van der Waals surface area (Å²) >= 11 is 0. The summed E-state index contributed by atoms with van der Waals surface area (Å²) in [4.78, 5) is 15.9. The largest absolute Gasteiger partial charge is 0.493 e. The summed E-state index contributed by atoms with van der Waals surface area (Å²) in [5, 5.41) is 6.59. The quantitative estimate of drug-likeness (QED) is 0.354. The van der Waals surface area contributed by atoms with Crippen molar-refractivity contribution < 1.29 is 14.2 Å². The molecule has 3 rings (SSSR count). The van der Waals surface area contributed by atoms with Crippen LogP contribution < -0.4 is 24.8 Å². The van der Waals surface area contributed by atoms with Gasteiger partial charge in [0.2, 0.25) is 11.7 Å². The van der Waals surface area contributed by atoms with E-state index in [0.717, 1.165) is 49.7 Å². The molecule has 0 spiro atoms. The molecule has 2 N–H and O–H groups in total. The van der Waals surface area contributed by atoms with E-state index in [2.05, 4.69) is 44.3 Å². The van der Waals surface area contributed by atoms with Crippen LogP contribution in [0.2, 0.25) is 0 Å². The molecule has 3 aromatic rings. The van der Waals surface area contributed by atoms with Gasteiger partial charge in [-0.25, -0.2) is 15.0 Å². The van der Waals surface area contributed by atoms with Gasteiger partial charge in [-0.05, 0) is 44.3 Å². The molecule has 9 nitrogen and oxygen atoms in total. The zero-order valence-electron chi connectivity index (χ0n) is 20.6. The molecule has 0 aliphatic heterocycles. The monoisotopic (exact) mass is 466 g/mol. The molecule has 0 unspecified atom stereocenters. The second-order valence-corrected chi connectivity index (χ2v) is 7.54. The lowest BCUT2D eigenvalue weighted by atomic mass is 10.2. The summed E-state index contributed by atoms with van der Waals surface area (Å²) < 4.78 is 16.2. The van der Waals surface area contributed by atoms with E-state index in [1.54, 1.807) is 39.7 Å². The first-order chi connectivity index (χ1) is 16.6. The van der Waals surface area contributed by atoms with Crippen molar-refractivity contribution in [3.8, 4) is 28.5 Å². The summed E-state index contributed by atoms with van der Waals surface area (Å²) in [5.74, 6) is 2.92. The number of hydrogen-bond acceptors (Lipinski definition) is 9. The molecule has 182 valence electrons. The van der Waals surface area contributed by atoms with Gasteiger partial charge in [0, 0.05) is 42.3 Å². The Morgan fingerprint density at radius 2 is 1.65 bits per heavy atom. The number of benzene rings is 1. The molecule has 34 heavy (non-hydrogen) atoms. The third kappa shape index (κ3) is 6.48. The van der Waals surface area contributed by atoms with E-state index in [0.29, 0.717) is 28.9 Å². The van der Waals surface area contributed by atoms with Gasteiger partial charge in [-0.2, -0.15) is 0 Å². The number of ether oxygens (including phenoxy) is 3. The normalized spacial score (nSPS) is 10.8. The van der Waals surface area contributed by atoms with E-state index in [1.165, 1.54) is 0 Å². The average molecular weight is 467 g/mol. The summed E-state index contributed by atoms with van der Waals surface area (Å²) in [6.45, 7) is 8.52. The molecule has 0 amide bonds. The molecule has 0 saturated carbocycles. The first-order valence-corrected chi connectivity index (χ1v) is 11.4. The fraction of sp³-hybridized carbons (Fsp3) is 0.400. The summed E-state index contributed by atoms with van der Waals surface area (Å²) in [6, 6.07) is 9.44. The Hall–Kier alpha value is -3.59. The van der Waals surface area contributed by atoms with Crippen molar-refractivity contribution in [3.63, 3.8) is 0 Å². The van der Waals surface area contributed by atoms with Crippen LogP contribution in [0.4, 0.5) is 17.5 Å². The molecule has 0 atom stereocenters. The summed E-state index contributed by atoms with van der Waals surface area (Å²) in [6.07, 6.45) is 4.60. The van der Waals surface area contributed by atoms with Crippen LogP contribution in [0.3, 0.4) is 0 Å². The van der Waals surface area contributed by atoms with Gasteiger partial charge in [0.15, 0.2) is 11.5 Å². The number of pyridine rings is 1. The molecule has 2 aromatic heterocycles. The van der Waals surface area contributed by atoms with Gasteiger partial charge in [0.25, 0.3) is 0 Å². The Morgan fingerprint density at radius 1 is 0.912 bits per heavy atom. The van der Waals surface area contributed by atoms with Crippen LogP contribution in [0.25, 0.3) is 11.3 Å². The number of aromatic nitrogens is 3. The number of rotatable bonds is 13. The van der Waals surface area contributed by atoms with E-state index >= 15 is 0 Å². The highest BCUT2D eigenvalue weighted by molar-refractivity contribution is 5.67. The Kier molecular flexibility index (Phi) is 9.28. The first-order valence-electron chi connectivity index (χ1n) is 11.4. The molecule has 0 fully saturated rings. The van der Waals surface area contributed by atoms with Gasteiger partial charge in [-0.3, -0.25) is 0 Å². The Balaban J connectivity index is 1.66. The second kappa shape index (κ2) is 12.6. The van der Waals surface area contributed by atoms with Crippen LogP contribution in [0, 0.1) is 0 Å². The second-order valence-electron chi connectivity index (χ2n) is 7.54. The highest BCUT2D eigenvalue weighted by atomic mass is 16.5. The van der Waals surface area contributed by atoms with Crippen molar-refractivity contribution in [2.24, 2.45) is 0 Å². The number of nitrogens with zero attached hydrogens (tertiary/aromatic N) is 4. The van der Waals surface area contributed by atoms with Gasteiger partial charge < -0.3 is 29.7 Å². The van der Waals surface area contributed by atoms with E-state index in [4.69, 9.17) is 14.2 Å². The van der Waals surface area contributed by atoms with Crippen LogP contribution in [0.5, 0.6) is 17.2 Å². The Bertz CT molecular complexity index is 1020. The molecule has 9 heteroatoms. The topological polar surface area (TPSA) is 93.7 Å². The molecule has 2 heterocycles. The highest BCUT2D eigenvalue weighted by Gasteiger charge is 2.14. The van der Waals surface area contributed by atoms with Crippen LogP contribution in [-0.2, 0) is 0 Å². The van der Waals surface area contributed by atoms with Crippen molar-refractivity contribution in [2.75, 3.05) is 58.1 Å². The molecular weight excluding hydrogens is 432 g/mol. The maximum Gasteiger partial charge on any atom is 0.227 e. The minimum Gasteiger partial charge on any atom is -0.493 e. The molecule has 0 saturated heterocycles. The van der Waals surface area contributed by atoms with E-state index in [-0.39, 0.29) is 0 Å². The third-order valence-electron chi connectivity index (χ3n) is 5.49. The average Bonchev–Trinajstić information content (AvgIpc) is 2.88. The molecule has 0 aliphatic rings. The fourth-order valence-corrected chi connectivity index (χ4v) is 3.57. The number of nitrogens with one attached hydrogen (secondary N) is 2. The predicted molar refractivity (Wildman–Crippen MR) is 136 cm³/mol. The van der Waals surface area contributed by atoms with Crippen molar-refractivity contribution in [2.45, 2.75) is 20.3 Å². The van der Waals surface area contributed by atoms with Crippen molar-refractivity contribution in [1.29, 1.82) is 0 Å². The van der Waals surface area contributed by atoms with Crippen molar-refractivity contribution in [1.82, 2.24) is 19.9 Å². The van der Waals surface area contributed by atoms with Gasteiger partial charge in [0.1, 0.15) is 5.82 Å². The molecular formula is C25H34N6O3. The molecule has 0 aliphatic carbocycles. The zero-order valence-corrected chi connectivity index (χ0v) is 20.6. The molecule has 0 bridgehead atoms. The van der Waals surface area contributed by atoms with Crippen LogP contribution in [-0.4, -0.2) is 67.4 Å². The van der Waals surface area contributed by atoms with Gasteiger partial charge in [-0.1, -0.05) is 13.8 Å². The van der Waals surface area contributed by atoms with Gasteiger partial charge in [-0.15, -0.1) is 0 Å². The first kappa shape index (κ1) is 25.0. The molecule has 0 radical (unpaired) electrons. The standard InChI is InChI=1S/C25H34N6O3/c1-6-31(7-2)14-8-12-26-23-10-9-18(17-28-23)20-11-13-27-25(30-20)29-19-15-21(32-3)24(34-5)22(16-19)33-4/h9-11,13,15-17H,6-8,12,14H2,1-5H3,(H,26,28)(H,27,29,30). The van der Waals surface area contributed by atoms with Crippen LogP contribution in [0.1, 0.15) is 20.3 Å². The maximum absolute atomic E-state index is 5.42. The lowest BCUT2D eigenvalue weighted by Crippen LogP contribution is -2.25. The Morgan fingerprint density at radius 3 is 2.24 bits per heavy atom. The summed E-state index contributed by atoms with van der Waals surface area (Å²) in [5.41, 5.74) is 2.39. The number of anilines is 3. The summed E-state index contributed by atoms with van der Waals surface area (Å²) in [7, 11) is 4.73. The minimum absolute atomic E-state index is 0.449. The lowest BCUT2D eigenvalue weighted by molar-refractivity contribution is 0.303. The third-order valence-corrected chi connectivity index (χ3v) is 5.49. The van der Waals surface area contributed by atoms with Crippen molar-refractivity contribution in [3.05, 3.63) is 42.7 Å². The molecule has 1 aromatic carbocycles. The Labute approximate surface area is 201 Å².